The topological polar surface area (TPSA) is 57.6 Å². The molecule has 0 aromatic heterocycles. The van der Waals surface area contributed by atoms with Crippen LogP contribution in [0.5, 0.6) is 0 Å². The Morgan fingerprint density at radius 2 is 1.83 bits per heavy atom. The number of carboxylic acids is 1. The molecule has 126 valence electrons. The summed E-state index contributed by atoms with van der Waals surface area (Å²) < 4.78 is 13.5. The maximum atomic E-state index is 13.5. The van der Waals surface area contributed by atoms with Crippen LogP contribution in [-0.4, -0.2) is 29.3 Å². The van der Waals surface area contributed by atoms with E-state index in [9.17, 15) is 14.0 Å². The third-order valence-electron chi connectivity index (χ3n) is 3.57. The van der Waals surface area contributed by atoms with Crippen LogP contribution in [0.25, 0.3) is 0 Å². The van der Waals surface area contributed by atoms with Gasteiger partial charge in [-0.15, -0.1) is 0 Å². The molecule has 0 spiro atoms. The van der Waals surface area contributed by atoms with E-state index in [-0.39, 0.29) is 17.3 Å². The molecule has 0 bridgehead atoms. The number of carboxylic acid groups (broad SMARTS) is 1. The lowest BCUT2D eigenvalue weighted by molar-refractivity contribution is -0.137. The molecular weight excluding hydrogens is 329 g/mol. The number of rotatable bonds is 7. The van der Waals surface area contributed by atoms with Crippen LogP contribution in [-0.2, 0) is 16.0 Å². The Morgan fingerprint density at radius 1 is 1.12 bits per heavy atom. The molecule has 0 heterocycles. The number of carbonyl (C=O) groups is 2. The van der Waals surface area contributed by atoms with Crippen LogP contribution in [0.4, 0.5) is 10.1 Å². The number of thiol groups is 1. The van der Waals surface area contributed by atoms with E-state index in [0.29, 0.717) is 6.42 Å². The lowest BCUT2D eigenvalue weighted by Gasteiger charge is -2.25. The third kappa shape index (κ3) is 4.83. The van der Waals surface area contributed by atoms with Gasteiger partial charge >= 0.3 is 5.97 Å². The van der Waals surface area contributed by atoms with Crippen molar-refractivity contribution in [1.82, 2.24) is 0 Å². The molecule has 1 N–H and O–H groups in total. The molecule has 0 aliphatic carbocycles. The van der Waals surface area contributed by atoms with Gasteiger partial charge in [-0.25, -0.2) is 4.39 Å². The van der Waals surface area contributed by atoms with Crippen molar-refractivity contribution in [2.45, 2.75) is 6.42 Å². The predicted molar refractivity (Wildman–Crippen MR) is 93.9 cm³/mol. The first-order valence-corrected chi connectivity index (χ1v) is 8.08. The van der Waals surface area contributed by atoms with Crippen molar-refractivity contribution in [2.75, 3.05) is 17.2 Å². The SMILES string of the molecule is O=C(O)CN(C(=O)C(CS)Cc1ccccc1)c1cccc(F)c1. The van der Waals surface area contributed by atoms with Gasteiger partial charge in [-0.05, 0) is 30.2 Å². The molecule has 0 fully saturated rings. The van der Waals surface area contributed by atoms with E-state index in [0.717, 1.165) is 16.5 Å². The average Bonchev–Trinajstić information content (AvgIpc) is 2.57. The second-order valence-electron chi connectivity index (χ2n) is 5.37. The normalized spacial score (nSPS) is 11.8. The molecule has 0 saturated heterocycles. The van der Waals surface area contributed by atoms with Gasteiger partial charge in [0.1, 0.15) is 12.4 Å². The second-order valence-corrected chi connectivity index (χ2v) is 5.73. The van der Waals surface area contributed by atoms with Gasteiger partial charge in [-0.2, -0.15) is 12.6 Å². The zero-order valence-corrected chi connectivity index (χ0v) is 13.8. The monoisotopic (exact) mass is 347 g/mol. The van der Waals surface area contributed by atoms with Crippen LogP contribution >= 0.6 is 12.6 Å². The van der Waals surface area contributed by atoms with Crippen molar-refractivity contribution in [3.63, 3.8) is 0 Å². The lowest BCUT2D eigenvalue weighted by atomic mass is 9.99. The van der Waals surface area contributed by atoms with Gasteiger partial charge in [0.05, 0.1) is 5.92 Å². The fourth-order valence-electron chi connectivity index (χ4n) is 2.42. The van der Waals surface area contributed by atoms with Crippen molar-refractivity contribution >= 4 is 30.2 Å². The second kappa shape index (κ2) is 8.49. The molecule has 2 rings (SSSR count). The van der Waals surface area contributed by atoms with E-state index in [1.165, 1.54) is 18.2 Å². The molecule has 0 radical (unpaired) electrons. The number of anilines is 1. The number of hydrogen-bond donors (Lipinski definition) is 2. The molecular formula is C18H18FNO3S. The first-order valence-electron chi connectivity index (χ1n) is 7.44. The number of hydrogen-bond acceptors (Lipinski definition) is 3. The average molecular weight is 347 g/mol. The number of carbonyl (C=O) groups excluding carboxylic acids is 1. The predicted octanol–water partition coefficient (Wildman–Crippen LogP) is 3.03. The third-order valence-corrected chi connectivity index (χ3v) is 4.01. The van der Waals surface area contributed by atoms with Crippen molar-refractivity contribution in [3.05, 3.63) is 66.0 Å². The lowest BCUT2D eigenvalue weighted by Crippen LogP contribution is -2.41. The molecule has 0 aliphatic heterocycles. The summed E-state index contributed by atoms with van der Waals surface area (Å²) in [7, 11) is 0. The summed E-state index contributed by atoms with van der Waals surface area (Å²) in [5.74, 6) is -2.31. The van der Waals surface area contributed by atoms with Crippen molar-refractivity contribution in [2.24, 2.45) is 5.92 Å². The van der Waals surface area contributed by atoms with Gasteiger partial charge in [0.25, 0.3) is 0 Å². The summed E-state index contributed by atoms with van der Waals surface area (Å²) in [5, 5.41) is 9.10. The fraction of sp³-hybridized carbons (Fsp3) is 0.222. The quantitative estimate of drug-likeness (QED) is 0.757. The standard InChI is InChI=1S/C18H18FNO3S/c19-15-7-4-8-16(10-15)20(11-17(21)22)18(23)14(12-24)9-13-5-2-1-3-6-13/h1-8,10,14,24H,9,11-12H2,(H,21,22). The largest absolute Gasteiger partial charge is 0.480 e. The van der Waals surface area contributed by atoms with Gasteiger partial charge in [-0.1, -0.05) is 36.4 Å². The summed E-state index contributed by atoms with van der Waals surface area (Å²) in [6.07, 6.45) is 0.439. The summed E-state index contributed by atoms with van der Waals surface area (Å²) >= 11 is 4.23. The number of benzene rings is 2. The number of halogens is 1. The van der Waals surface area contributed by atoms with Crippen LogP contribution in [0, 0.1) is 11.7 Å². The number of nitrogens with zero attached hydrogens (tertiary/aromatic N) is 1. The van der Waals surface area contributed by atoms with Crippen molar-refractivity contribution in [3.8, 4) is 0 Å². The minimum atomic E-state index is -1.16. The van der Waals surface area contributed by atoms with E-state index in [2.05, 4.69) is 12.6 Å². The molecule has 1 amide bonds. The van der Waals surface area contributed by atoms with Gasteiger partial charge in [-0.3, -0.25) is 9.59 Å². The minimum absolute atomic E-state index is 0.224. The molecule has 4 nitrogen and oxygen atoms in total. The summed E-state index contributed by atoms with van der Waals surface area (Å²) in [6.45, 7) is -0.526. The van der Waals surface area contributed by atoms with E-state index in [1.807, 2.05) is 30.3 Å². The molecule has 0 aliphatic rings. The Hall–Kier alpha value is -2.34. The zero-order chi connectivity index (χ0) is 17.5. The maximum absolute atomic E-state index is 13.5. The van der Waals surface area contributed by atoms with Crippen LogP contribution in [0.2, 0.25) is 0 Å². The van der Waals surface area contributed by atoms with Crippen LogP contribution in [0.1, 0.15) is 5.56 Å². The van der Waals surface area contributed by atoms with Crippen LogP contribution in [0.3, 0.4) is 0 Å². The highest BCUT2D eigenvalue weighted by Crippen LogP contribution is 2.21. The molecule has 24 heavy (non-hydrogen) atoms. The van der Waals surface area contributed by atoms with E-state index >= 15 is 0 Å². The molecule has 2 aromatic rings. The zero-order valence-electron chi connectivity index (χ0n) is 12.9. The van der Waals surface area contributed by atoms with Gasteiger partial charge < -0.3 is 10.0 Å². The molecule has 6 heteroatoms. The van der Waals surface area contributed by atoms with Crippen LogP contribution < -0.4 is 4.90 Å². The Kier molecular flexibility index (Phi) is 6.37. The first kappa shape index (κ1) is 18.0. The fourth-order valence-corrected chi connectivity index (χ4v) is 2.71. The minimum Gasteiger partial charge on any atom is -0.480 e. The smallest absolute Gasteiger partial charge is 0.323 e. The summed E-state index contributed by atoms with van der Waals surface area (Å²) in [5.41, 5.74) is 1.18. The van der Waals surface area contributed by atoms with E-state index in [1.54, 1.807) is 0 Å². The highest BCUT2D eigenvalue weighted by molar-refractivity contribution is 7.80. The Bertz CT molecular complexity index is 708. The van der Waals surface area contributed by atoms with Crippen molar-refractivity contribution < 1.29 is 19.1 Å². The maximum Gasteiger partial charge on any atom is 0.323 e. The number of aliphatic carboxylic acids is 1. The van der Waals surface area contributed by atoms with Crippen LogP contribution in [0.15, 0.2) is 54.6 Å². The molecule has 1 atom stereocenters. The highest BCUT2D eigenvalue weighted by Gasteiger charge is 2.26. The highest BCUT2D eigenvalue weighted by atomic mass is 32.1. The van der Waals surface area contributed by atoms with E-state index in [4.69, 9.17) is 5.11 Å². The van der Waals surface area contributed by atoms with Gasteiger partial charge in [0.15, 0.2) is 0 Å². The number of amides is 1. The summed E-state index contributed by atoms with van der Waals surface area (Å²) in [6, 6.07) is 14.8. The van der Waals surface area contributed by atoms with E-state index < -0.39 is 24.2 Å². The molecule has 1 unspecified atom stereocenters. The Morgan fingerprint density at radius 3 is 2.42 bits per heavy atom. The Labute approximate surface area is 145 Å². The molecule has 0 saturated carbocycles. The first-order chi connectivity index (χ1) is 11.5. The van der Waals surface area contributed by atoms with Gasteiger partial charge in [0.2, 0.25) is 5.91 Å². The molecule has 2 aromatic carbocycles. The summed E-state index contributed by atoms with van der Waals surface area (Å²) in [4.78, 5) is 25.0. The van der Waals surface area contributed by atoms with Gasteiger partial charge in [0, 0.05) is 11.4 Å². The Balaban J connectivity index is 2.26. The van der Waals surface area contributed by atoms with Crippen molar-refractivity contribution in [1.29, 1.82) is 0 Å².